The summed E-state index contributed by atoms with van der Waals surface area (Å²) in [6, 6.07) is 12.6. The second-order valence-electron chi connectivity index (χ2n) is 7.04. The Morgan fingerprint density at radius 3 is 2.33 bits per heavy atom. The third-order valence-corrected chi connectivity index (χ3v) is 4.83. The van der Waals surface area contributed by atoms with Crippen LogP contribution in [0.25, 0.3) is 0 Å². The average molecular weight is 414 g/mol. The molecule has 0 saturated carbocycles. The topological polar surface area (TPSA) is 82.7 Å². The fourth-order valence-corrected chi connectivity index (χ4v) is 3.11. The van der Waals surface area contributed by atoms with Crippen molar-refractivity contribution in [1.82, 2.24) is 15.5 Å². The predicted octanol–water partition coefficient (Wildman–Crippen LogP) is 2.25. The zero-order chi connectivity index (χ0) is 21.2. The Morgan fingerprint density at radius 2 is 1.63 bits per heavy atom. The van der Waals surface area contributed by atoms with E-state index < -0.39 is 0 Å². The van der Waals surface area contributed by atoms with E-state index in [0.29, 0.717) is 30.8 Å². The van der Waals surface area contributed by atoms with Gasteiger partial charge in [-0.3, -0.25) is 9.69 Å². The Hall–Kier alpha value is -2.97. The molecule has 0 atom stereocenters. The van der Waals surface area contributed by atoms with E-state index in [1.54, 1.807) is 36.4 Å². The third kappa shape index (κ3) is 7.13. The molecule has 3 amide bonds. The summed E-state index contributed by atoms with van der Waals surface area (Å²) in [7, 11) is 0. The summed E-state index contributed by atoms with van der Waals surface area (Å²) >= 11 is 0. The number of nitrogens with one attached hydrogen (secondary N) is 3. The number of rotatable bonds is 8. The van der Waals surface area contributed by atoms with Crippen LogP contribution in [0.5, 0.6) is 0 Å². The zero-order valence-corrected chi connectivity index (χ0v) is 16.8. The maximum Gasteiger partial charge on any atom is 0.319 e. The maximum atomic E-state index is 12.9. The smallest absolute Gasteiger partial charge is 0.319 e. The molecule has 1 fully saturated rings. The number of hydrogen-bond donors (Lipinski definition) is 3. The van der Waals surface area contributed by atoms with Crippen molar-refractivity contribution in [3.05, 3.63) is 65.5 Å². The number of amides is 3. The van der Waals surface area contributed by atoms with Crippen LogP contribution in [0.15, 0.2) is 48.5 Å². The number of halogens is 1. The Bertz CT molecular complexity index is 821. The minimum atomic E-state index is -0.333. The van der Waals surface area contributed by atoms with Gasteiger partial charge < -0.3 is 20.7 Å². The van der Waals surface area contributed by atoms with Gasteiger partial charge in [-0.2, -0.15) is 0 Å². The van der Waals surface area contributed by atoms with Crippen LogP contribution in [-0.4, -0.2) is 62.8 Å². The van der Waals surface area contributed by atoms with Gasteiger partial charge in [-0.15, -0.1) is 0 Å². The number of anilines is 1. The molecule has 160 valence electrons. The molecule has 2 aromatic rings. The molecular weight excluding hydrogens is 387 g/mol. The molecule has 0 unspecified atom stereocenters. The highest BCUT2D eigenvalue weighted by Gasteiger charge is 2.11. The minimum absolute atomic E-state index is 0.140. The molecule has 2 aromatic carbocycles. The number of benzene rings is 2. The Morgan fingerprint density at radius 1 is 0.933 bits per heavy atom. The lowest BCUT2D eigenvalue weighted by molar-refractivity contribution is 0.0383. The van der Waals surface area contributed by atoms with Gasteiger partial charge in [0.25, 0.3) is 5.91 Å². The summed E-state index contributed by atoms with van der Waals surface area (Å²) in [6.45, 7) is 5.07. The third-order valence-electron chi connectivity index (χ3n) is 4.83. The van der Waals surface area contributed by atoms with Crippen molar-refractivity contribution >= 4 is 17.6 Å². The molecule has 0 radical (unpaired) electrons. The van der Waals surface area contributed by atoms with E-state index in [4.69, 9.17) is 4.74 Å². The van der Waals surface area contributed by atoms with Crippen molar-refractivity contribution in [2.24, 2.45) is 0 Å². The van der Waals surface area contributed by atoms with Gasteiger partial charge in [0.1, 0.15) is 5.82 Å². The molecular formula is C22H27FN4O3. The van der Waals surface area contributed by atoms with Crippen molar-refractivity contribution in [2.45, 2.75) is 6.42 Å². The SMILES string of the molecule is O=C(NCCc1ccc(F)cc1)Nc1ccc(C(=O)NCCN2CCOCC2)cc1. The first-order chi connectivity index (χ1) is 14.6. The lowest BCUT2D eigenvalue weighted by Crippen LogP contribution is -2.41. The molecule has 8 heteroatoms. The quantitative estimate of drug-likeness (QED) is 0.619. The normalized spacial score (nSPS) is 14.2. The van der Waals surface area contributed by atoms with E-state index in [1.165, 1.54) is 12.1 Å². The highest BCUT2D eigenvalue weighted by atomic mass is 19.1. The molecule has 1 saturated heterocycles. The molecule has 7 nitrogen and oxygen atoms in total. The van der Waals surface area contributed by atoms with Crippen molar-refractivity contribution in [3.8, 4) is 0 Å². The van der Waals surface area contributed by atoms with Crippen LogP contribution in [0.2, 0.25) is 0 Å². The van der Waals surface area contributed by atoms with Crippen LogP contribution < -0.4 is 16.0 Å². The van der Waals surface area contributed by atoms with Crippen LogP contribution >= 0.6 is 0 Å². The van der Waals surface area contributed by atoms with Gasteiger partial charge in [-0.25, -0.2) is 9.18 Å². The number of carbonyl (C=O) groups is 2. The monoisotopic (exact) mass is 414 g/mol. The van der Waals surface area contributed by atoms with Crippen LogP contribution in [0.3, 0.4) is 0 Å². The lowest BCUT2D eigenvalue weighted by Gasteiger charge is -2.26. The highest BCUT2D eigenvalue weighted by Crippen LogP contribution is 2.09. The van der Waals surface area contributed by atoms with E-state index in [9.17, 15) is 14.0 Å². The predicted molar refractivity (Wildman–Crippen MR) is 113 cm³/mol. The number of ether oxygens (including phenoxy) is 1. The fourth-order valence-electron chi connectivity index (χ4n) is 3.11. The van der Waals surface area contributed by atoms with Crippen molar-refractivity contribution < 1.29 is 18.7 Å². The molecule has 3 N–H and O–H groups in total. The van der Waals surface area contributed by atoms with Gasteiger partial charge >= 0.3 is 6.03 Å². The first-order valence-electron chi connectivity index (χ1n) is 10.1. The fraction of sp³-hybridized carbons (Fsp3) is 0.364. The molecule has 0 bridgehead atoms. The van der Waals surface area contributed by atoms with Gasteiger partial charge in [0.05, 0.1) is 13.2 Å². The highest BCUT2D eigenvalue weighted by molar-refractivity contribution is 5.95. The van der Waals surface area contributed by atoms with Gasteiger partial charge in [0, 0.05) is 44.0 Å². The molecule has 0 spiro atoms. The second kappa shape index (κ2) is 11.3. The van der Waals surface area contributed by atoms with Gasteiger partial charge in [0.15, 0.2) is 0 Å². The van der Waals surface area contributed by atoms with E-state index in [-0.39, 0.29) is 17.8 Å². The number of morpholine rings is 1. The molecule has 1 heterocycles. The van der Waals surface area contributed by atoms with Crippen LogP contribution in [0, 0.1) is 5.82 Å². The van der Waals surface area contributed by atoms with Crippen molar-refractivity contribution in [3.63, 3.8) is 0 Å². The zero-order valence-electron chi connectivity index (χ0n) is 16.8. The molecule has 0 aliphatic carbocycles. The van der Waals surface area contributed by atoms with Gasteiger partial charge in [-0.1, -0.05) is 12.1 Å². The summed E-state index contributed by atoms with van der Waals surface area (Å²) in [4.78, 5) is 26.5. The first kappa shape index (κ1) is 21.7. The summed E-state index contributed by atoms with van der Waals surface area (Å²) in [6.07, 6.45) is 0.608. The molecule has 0 aromatic heterocycles. The minimum Gasteiger partial charge on any atom is -0.379 e. The van der Waals surface area contributed by atoms with E-state index in [0.717, 1.165) is 38.4 Å². The van der Waals surface area contributed by atoms with E-state index in [1.807, 2.05) is 0 Å². The molecule has 1 aliphatic heterocycles. The van der Waals surface area contributed by atoms with Crippen molar-refractivity contribution in [2.75, 3.05) is 51.3 Å². The molecule has 1 aliphatic rings. The summed E-state index contributed by atoms with van der Waals surface area (Å²) in [5, 5.41) is 8.39. The van der Waals surface area contributed by atoms with E-state index >= 15 is 0 Å². The van der Waals surface area contributed by atoms with Gasteiger partial charge in [0.2, 0.25) is 0 Å². The maximum absolute atomic E-state index is 12.9. The Labute approximate surface area is 175 Å². The molecule has 3 rings (SSSR count). The average Bonchev–Trinajstić information content (AvgIpc) is 2.76. The summed E-state index contributed by atoms with van der Waals surface area (Å²) in [5.41, 5.74) is 2.08. The van der Waals surface area contributed by atoms with Crippen molar-refractivity contribution in [1.29, 1.82) is 0 Å². The Kier molecular flexibility index (Phi) is 8.17. The number of urea groups is 1. The lowest BCUT2D eigenvalue weighted by atomic mass is 10.1. The first-order valence-corrected chi connectivity index (χ1v) is 10.1. The molecule has 30 heavy (non-hydrogen) atoms. The number of hydrogen-bond acceptors (Lipinski definition) is 4. The summed E-state index contributed by atoms with van der Waals surface area (Å²) < 4.78 is 18.2. The standard InChI is InChI=1S/C22H27FN4O3/c23-19-5-1-17(2-6-19)9-10-25-22(29)26-20-7-3-18(4-8-20)21(28)24-11-12-27-13-15-30-16-14-27/h1-8H,9-16H2,(H,24,28)(H2,25,26,29). The van der Waals surface area contributed by atoms with Gasteiger partial charge in [-0.05, 0) is 48.4 Å². The Balaban J connectivity index is 1.36. The van der Waals surface area contributed by atoms with Crippen LogP contribution in [0.4, 0.5) is 14.9 Å². The van der Waals surface area contributed by atoms with Crippen LogP contribution in [-0.2, 0) is 11.2 Å². The second-order valence-corrected chi connectivity index (χ2v) is 7.04. The summed E-state index contributed by atoms with van der Waals surface area (Å²) in [5.74, 6) is -0.419. The largest absolute Gasteiger partial charge is 0.379 e. The number of carbonyl (C=O) groups excluding carboxylic acids is 2. The van der Waals surface area contributed by atoms with E-state index in [2.05, 4.69) is 20.9 Å². The number of nitrogens with zero attached hydrogens (tertiary/aromatic N) is 1. The van der Waals surface area contributed by atoms with Crippen LogP contribution in [0.1, 0.15) is 15.9 Å².